The average Bonchev–Trinajstić information content (AvgIpc) is 3.03. The van der Waals surface area contributed by atoms with Gasteiger partial charge in [-0.3, -0.25) is 10.1 Å². The SMILES string of the molecule is Nc1nc(C2CCCCC2)cc(N2CC3C(C2)C3[N+](=O)[O-])n1. The van der Waals surface area contributed by atoms with Crippen molar-refractivity contribution in [3.05, 3.63) is 21.9 Å². The fourth-order valence-electron chi connectivity index (χ4n) is 4.24. The smallest absolute Gasteiger partial charge is 0.223 e. The molecular formula is C15H21N5O2. The number of fused-ring (bicyclic) bond motifs is 1. The molecule has 1 aromatic heterocycles. The molecule has 2 saturated carbocycles. The molecule has 2 heterocycles. The number of nitro groups is 1. The molecule has 7 heteroatoms. The number of hydrogen-bond acceptors (Lipinski definition) is 6. The second-order valence-corrected chi connectivity index (χ2v) is 6.85. The van der Waals surface area contributed by atoms with Gasteiger partial charge in [-0.05, 0) is 12.8 Å². The van der Waals surface area contributed by atoms with E-state index in [0.717, 1.165) is 24.6 Å². The number of nitrogens with two attached hydrogens (primary N) is 1. The summed E-state index contributed by atoms with van der Waals surface area (Å²) in [6, 6.07) is 1.71. The minimum atomic E-state index is -0.340. The molecule has 0 radical (unpaired) electrons. The van der Waals surface area contributed by atoms with E-state index in [0.29, 0.717) is 11.9 Å². The van der Waals surface area contributed by atoms with Crippen molar-refractivity contribution < 1.29 is 4.92 Å². The highest BCUT2D eigenvalue weighted by molar-refractivity contribution is 5.47. The highest BCUT2D eigenvalue weighted by atomic mass is 16.6. The lowest BCUT2D eigenvalue weighted by atomic mass is 9.87. The normalized spacial score (nSPS) is 31.1. The van der Waals surface area contributed by atoms with E-state index in [9.17, 15) is 10.1 Å². The molecular weight excluding hydrogens is 282 g/mol. The molecule has 0 aromatic carbocycles. The first-order valence-electron chi connectivity index (χ1n) is 8.16. The number of hydrogen-bond donors (Lipinski definition) is 1. The molecule has 1 aromatic rings. The number of nitrogens with zero attached hydrogens (tertiary/aromatic N) is 4. The molecule has 118 valence electrons. The Morgan fingerprint density at radius 3 is 2.50 bits per heavy atom. The van der Waals surface area contributed by atoms with E-state index in [4.69, 9.17) is 5.73 Å². The van der Waals surface area contributed by atoms with E-state index < -0.39 is 0 Å². The van der Waals surface area contributed by atoms with Gasteiger partial charge in [-0.1, -0.05) is 19.3 Å². The summed E-state index contributed by atoms with van der Waals surface area (Å²) in [7, 11) is 0. The number of anilines is 2. The maximum absolute atomic E-state index is 10.9. The van der Waals surface area contributed by atoms with Gasteiger partial charge in [0.15, 0.2) is 0 Å². The maximum atomic E-state index is 10.9. The van der Waals surface area contributed by atoms with Crippen molar-refractivity contribution in [2.24, 2.45) is 11.8 Å². The van der Waals surface area contributed by atoms with E-state index in [2.05, 4.69) is 20.9 Å². The van der Waals surface area contributed by atoms with Gasteiger partial charge in [0.2, 0.25) is 12.0 Å². The molecule has 0 spiro atoms. The standard InChI is InChI=1S/C15H21N5O2/c16-15-17-12(9-4-2-1-3-5-9)6-13(18-15)19-7-10-11(8-19)14(10)20(21)22/h6,9-11,14H,1-5,7-8H2,(H2,16,17,18). The highest BCUT2D eigenvalue weighted by Gasteiger charge is 2.65. The Morgan fingerprint density at radius 2 is 1.86 bits per heavy atom. The quantitative estimate of drug-likeness (QED) is 0.675. The number of aromatic nitrogens is 2. The molecule has 0 amide bonds. The second-order valence-electron chi connectivity index (χ2n) is 6.85. The molecule has 7 nitrogen and oxygen atoms in total. The summed E-state index contributed by atoms with van der Waals surface area (Å²) in [6.45, 7) is 1.44. The molecule has 2 aliphatic carbocycles. The first kappa shape index (κ1) is 13.7. The molecule has 2 N–H and O–H groups in total. The summed E-state index contributed by atoms with van der Waals surface area (Å²) in [6.07, 6.45) is 6.15. The zero-order valence-electron chi connectivity index (χ0n) is 12.5. The lowest BCUT2D eigenvalue weighted by molar-refractivity contribution is -0.501. The van der Waals surface area contributed by atoms with Crippen LogP contribution in [-0.2, 0) is 0 Å². The molecule has 3 aliphatic rings. The van der Waals surface area contributed by atoms with Crippen LogP contribution < -0.4 is 10.6 Å². The third kappa shape index (κ3) is 2.28. The molecule has 2 unspecified atom stereocenters. The zero-order chi connectivity index (χ0) is 15.3. The van der Waals surface area contributed by atoms with E-state index in [-0.39, 0.29) is 22.8 Å². The second kappa shape index (κ2) is 5.07. The summed E-state index contributed by atoms with van der Waals surface area (Å²) in [5.74, 6) is 2.03. The average molecular weight is 303 g/mol. The van der Waals surface area contributed by atoms with Crippen LogP contribution in [0.2, 0.25) is 0 Å². The molecule has 4 rings (SSSR count). The van der Waals surface area contributed by atoms with Gasteiger partial charge in [0, 0.05) is 30.0 Å². The summed E-state index contributed by atoms with van der Waals surface area (Å²) >= 11 is 0. The van der Waals surface area contributed by atoms with Crippen molar-refractivity contribution in [3.8, 4) is 0 Å². The van der Waals surface area contributed by atoms with Gasteiger partial charge in [0.1, 0.15) is 5.82 Å². The van der Waals surface area contributed by atoms with Crippen molar-refractivity contribution in [3.63, 3.8) is 0 Å². The molecule has 0 bridgehead atoms. The fourth-order valence-corrected chi connectivity index (χ4v) is 4.24. The third-order valence-electron chi connectivity index (χ3n) is 5.49. The van der Waals surface area contributed by atoms with Gasteiger partial charge < -0.3 is 10.6 Å². The topological polar surface area (TPSA) is 98.2 Å². The molecule has 22 heavy (non-hydrogen) atoms. The lowest BCUT2D eigenvalue weighted by Crippen LogP contribution is -2.29. The first-order chi connectivity index (χ1) is 10.6. The summed E-state index contributed by atoms with van der Waals surface area (Å²) in [5.41, 5.74) is 6.95. The third-order valence-corrected chi connectivity index (χ3v) is 5.49. The van der Waals surface area contributed by atoms with Crippen LogP contribution in [-0.4, -0.2) is 34.0 Å². The summed E-state index contributed by atoms with van der Waals surface area (Å²) in [5, 5.41) is 10.9. The number of piperidine rings is 1. The number of nitrogen functional groups attached to an aromatic ring is 1. The molecule has 1 saturated heterocycles. The van der Waals surface area contributed by atoms with Crippen LogP contribution in [0, 0.1) is 22.0 Å². The predicted octanol–water partition coefficient (Wildman–Crippen LogP) is 1.82. The van der Waals surface area contributed by atoms with Crippen LogP contribution in [0.15, 0.2) is 6.07 Å². The van der Waals surface area contributed by atoms with Crippen molar-refractivity contribution in [2.75, 3.05) is 23.7 Å². The van der Waals surface area contributed by atoms with Gasteiger partial charge in [0.25, 0.3) is 0 Å². The first-order valence-corrected chi connectivity index (χ1v) is 8.16. The van der Waals surface area contributed by atoms with Gasteiger partial charge in [-0.25, -0.2) is 4.98 Å². The van der Waals surface area contributed by atoms with Crippen LogP contribution in [0.4, 0.5) is 11.8 Å². The molecule has 3 fully saturated rings. The fraction of sp³-hybridized carbons (Fsp3) is 0.733. The van der Waals surface area contributed by atoms with E-state index in [1.165, 1.54) is 32.1 Å². The Labute approximate surface area is 129 Å². The van der Waals surface area contributed by atoms with Crippen molar-refractivity contribution in [1.29, 1.82) is 0 Å². The Bertz CT molecular complexity index is 590. The monoisotopic (exact) mass is 303 g/mol. The Hall–Kier alpha value is -1.92. The molecule has 2 atom stereocenters. The van der Waals surface area contributed by atoms with Crippen LogP contribution in [0.5, 0.6) is 0 Å². The highest BCUT2D eigenvalue weighted by Crippen LogP contribution is 2.48. The van der Waals surface area contributed by atoms with Gasteiger partial charge in [0.05, 0.1) is 17.5 Å². The van der Waals surface area contributed by atoms with Crippen LogP contribution in [0.3, 0.4) is 0 Å². The Kier molecular flexibility index (Phi) is 3.16. The zero-order valence-corrected chi connectivity index (χ0v) is 12.5. The largest absolute Gasteiger partial charge is 0.368 e. The molecule has 1 aliphatic heterocycles. The summed E-state index contributed by atoms with van der Waals surface area (Å²) in [4.78, 5) is 21.7. The van der Waals surface area contributed by atoms with Crippen LogP contribution in [0.25, 0.3) is 0 Å². The summed E-state index contributed by atoms with van der Waals surface area (Å²) < 4.78 is 0. The van der Waals surface area contributed by atoms with E-state index >= 15 is 0 Å². The van der Waals surface area contributed by atoms with Crippen molar-refractivity contribution >= 4 is 11.8 Å². The van der Waals surface area contributed by atoms with Gasteiger partial charge >= 0.3 is 0 Å². The number of rotatable bonds is 3. The van der Waals surface area contributed by atoms with Gasteiger partial charge in [-0.2, -0.15) is 4.98 Å². The minimum Gasteiger partial charge on any atom is -0.368 e. The lowest BCUT2D eigenvalue weighted by Gasteiger charge is -2.24. The van der Waals surface area contributed by atoms with Crippen LogP contribution >= 0.6 is 0 Å². The van der Waals surface area contributed by atoms with Crippen LogP contribution in [0.1, 0.15) is 43.7 Å². The minimum absolute atomic E-state index is 0.130. The van der Waals surface area contributed by atoms with E-state index in [1.54, 1.807) is 0 Å². The maximum Gasteiger partial charge on any atom is 0.223 e. The van der Waals surface area contributed by atoms with Gasteiger partial charge in [-0.15, -0.1) is 0 Å². The van der Waals surface area contributed by atoms with Crippen molar-refractivity contribution in [1.82, 2.24) is 9.97 Å². The van der Waals surface area contributed by atoms with E-state index in [1.807, 2.05) is 0 Å². The Balaban J connectivity index is 1.51. The predicted molar refractivity (Wildman–Crippen MR) is 82.2 cm³/mol. The Morgan fingerprint density at radius 1 is 1.18 bits per heavy atom. The van der Waals surface area contributed by atoms with Crippen molar-refractivity contribution in [2.45, 2.75) is 44.1 Å².